The number of carbonyl (C=O) groups excluding carboxylic acids is 2. The summed E-state index contributed by atoms with van der Waals surface area (Å²) in [5.74, 6) is -1.71. The van der Waals surface area contributed by atoms with E-state index in [2.05, 4.69) is 15.6 Å². The highest BCUT2D eigenvalue weighted by atomic mass is 35.5. The van der Waals surface area contributed by atoms with E-state index in [9.17, 15) is 27.9 Å². The Labute approximate surface area is 202 Å². The fraction of sp³-hybridized carbons (Fsp3) is 0.120. The molecular formula is C25H19ClF3N3O3. The van der Waals surface area contributed by atoms with Crippen molar-refractivity contribution in [3.8, 4) is 5.75 Å². The molecule has 10 heteroatoms. The van der Waals surface area contributed by atoms with Crippen LogP contribution in [0.2, 0.25) is 5.02 Å². The van der Waals surface area contributed by atoms with Crippen LogP contribution in [0.1, 0.15) is 21.5 Å². The number of amides is 2. The van der Waals surface area contributed by atoms with Gasteiger partial charge in [-0.1, -0.05) is 29.8 Å². The summed E-state index contributed by atoms with van der Waals surface area (Å²) in [6, 6.07) is 14.2. The van der Waals surface area contributed by atoms with E-state index in [0.717, 1.165) is 40.7 Å². The number of aromatic amines is 1. The molecule has 1 heterocycles. The molecule has 0 saturated heterocycles. The molecule has 1 unspecified atom stereocenters. The highest BCUT2D eigenvalue weighted by Crippen LogP contribution is 2.30. The van der Waals surface area contributed by atoms with Crippen molar-refractivity contribution in [3.63, 3.8) is 0 Å². The van der Waals surface area contributed by atoms with E-state index in [-0.39, 0.29) is 28.4 Å². The van der Waals surface area contributed by atoms with Gasteiger partial charge in [0.05, 0.1) is 11.1 Å². The Morgan fingerprint density at radius 1 is 1.03 bits per heavy atom. The molecule has 3 aromatic carbocycles. The molecule has 0 saturated carbocycles. The zero-order valence-corrected chi connectivity index (χ0v) is 18.7. The Hall–Kier alpha value is -3.98. The van der Waals surface area contributed by atoms with Crippen molar-refractivity contribution in [2.24, 2.45) is 0 Å². The molecule has 1 atom stereocenters. The minimum Gasteiger partial charge on any atom is -0.507 e. The molecule has 35 heavy (non-hydrogen) atoms. The van der Waals surface area contributed by atoms with Crippen LogP contribution in [-0.2, 0) is 17.4 Å². The first-order valence-electron chi connectivity index (χ1n) is 10.4. The Morgan fingerprint density at radius 3 is 2.46 bits per heavy atom. The SMILES string of the molecule is O=C(NC(Cc1c[nH]c2ccccc12)C(=O)Nc1ccc(C(F)(F)F)cc1)c1cc(Cl)ccc1O. The van der Waals surface area contributed by atoms with Crippen molar-refractivity contribution < 1.29 is 27.9 Å². The molecule has 0 fully saturated rings. The second-order valence-corrected chi connectivity index (χ2v) is 8.25. The first kappa shape index (κ1) is 24.2. The van der Waals surface area contributed by atoms with Crippen LogP contribution in [0.15, 0.2) is 72.9 Å². The lowest BCUT2D eigenvalue weighted by Crippen LogP contribution is -2.45. The molecule has 4 N–H and O–H groups in total. The Morgan fingerprint density at radius 2 is 1.74 bits per heavy atom. The third-order valence-corrected chi connectivity index (χ3v) is 5.64. The molecular weight excluding hydrogens is 483 g/mol. The molecule has 1 aromatic heterocycles. The van der Waals surface area contributed by atoms with Crippen molar-refractivity contribution in [2.75, 3.05) is 5.32 Å². The summed E-state index contributed by atoms with van der Waals surface area (Å²) in [6.45, 7) is 0. The van der Waals surface area contributed by atoms with E-state index in [1.54, 1.807) is 6.20 Å². The summed E-state index contributed by atoms with van der Waals surface area (Å²) in [5.41, 5.74) is 0.734. The first-order chi connectivity index (χ1) is 16.6. The number of H-pyrrole nitrogens is 1. The van der Waals surface area contributed by atoms with Gasteiger partial charge >= 0.3 is 6.18 Å². The van der Waals surface area contributed by atoms with Gasteiger partial charge in [-0.25, -0.2) is 0 Å². The Kier molecular flexibility index (Phi) is 6.70. The molecule has 4 rings (SSSR count). The zero-order valence-electron chi connectivity index (χ0n) is 18.0. The van der Waals surface area contributed by atoms with Gasteiger partial charge in [0.25, 0.3) is 5.91 Å². The predicted molar refractivity (Wildman–Crippen MR) is 126 cm³/mol. The molecule has 180 valence electrons. The van der Waals surface area contributed by atoms with Crippen molar-refractivity contribution in [2.45, 2.75) is 18.6 Å². The Balaban J connectivity index is 1.60. The number of benzene rings is 3. The molecule has 0 aliphatic heterocycles. The van der Waals surface area contributed by atoms with Gasteiger partial charge in [-0.15, -0.1) is 0 Å². The number of phenolic OH excluding ortho intramolecular Hbond substituents is 1. The van der Waals surface area contributed by atoms with Crippen molar-refractivity contribution in [1.29, 1.82) is 0 Å². The lowest BCUT2D eigenvalue weighted by Gasteiger charge is -2.19. The summed E-state index contributed by atoms with van der Waals surface area (Å²) in [6.07, 6.45) is -2.72. The van der Waals surface area contributed by atoms with Crippen LogP contribution in [0.25, 0.3) is 10.9 Å². The lowest BCUT2D eigenvalue weighted by atomic mass is 10.0. The summed E-state index contributed by atoms with van der Waals surface area (Å²) in [4.78, 5) is 29.1. The van der Waals surface area contributed by atoms with Crippen LogP contribution in [0.4, 0.5) is 18.9 Å². The van der Waals surface area contributed by atoms with E-state index in [0.29, 0.717) is 0 Å². The van der Waals surface area contributed by atoms with Gasteiger partial charge in [0.1, 0.15) is 11.8 Å². The van der Waals surface area contributed by atoms with E-state index in [1.165, 1.54) is 18.2 Å². The zero-order chi connectivity index (χ0) is 25.2. The second kappa shape index (κ2) is 9.71. The molecule has 0 aliphatic rings. The molecule has 0 radical (unpaired) electrons. The van der Waals surface area contributed by atoms with Crippen LogP contribution >= 0.6 is 11.6 Å². The average Bonchev–Trinajstić information content (AvgIpc) is 3.22. The van der Waals surface area contributed by atoms with Gasteiger partial charge in [-0.2, -0.15) is 13.2 Å². The van der Waals surface area contributed by atoms with Crippen LogP contribution in [-0.4, -0.2) is 27.9 Å². The van der Waals surface area contributed by atoms with Gasteiger partial charge in [0.15, 0.2) is 0 Å². The normalized spacial score (nSPS) is 12.3. The van der Waals surface area contributed by atoms with E-state index in [1.807, 2.05) is 24.3 Å². The third-order valence-electron chi connectivity index (χ3n) is 5.40. The second-order valence-electron chi connectivity index (χ2n) is 7.82. The van der Waals surface area contributed by atoms with E-state index >= 15 is 0 Å². The number of anilines is 1. The Bertz CT molecular complexity index is 1380. The topological polar surface area (TPSA) is 94.2 Å². The third kappa shape index (κ3) is 5.58. The van der Waals surface area contributed by atoms with Gasteiger partial charge in [-0.3, -0.25) is 9.59 Å². The maximum absolute atomic E-state index is 13.1. The number of alkyl halides is 3. The fourth-order valence-corrected chi connectivity index (χ4v) is 3.80. The predicted octanol–water partition coefficient (Wildman–Crippen LogP) is 5.53. The molecule has 2 amide bonds. The number of nitrogens with one attached hydrogen (secondary N) is 3. The van der Waals surface area contributed by atoms with Gasteiger partial charge in [0.2, 0.25) is 5.91 Å². The lowest BCUT2D eigenvalue weighted by molar-refractivity contribution is -0.137. The molecule has 0 spiro atoms. The van der Waals surface area contributed by atoms with Crippen molar-refractivity contribution in [1.82, 2.24) is 10.3 Å². The maximum atomic E-state index is 13.1. The minimum atomic E-state index is -4.51. The highest BCUT2D eigenvalue weighted by Gasteiger charge is 2.30. The number of para-hydroxylation sites is 1. The van der Waals surface area contributed by atoms with Gasteiger partial charge in [0, 0.05) is 34.2 Å². The van der Waals surface area contributed by atoms with Crippen LogP contribution in [0.5, 0.6) is 5.75 Å². The van der Waals surface area contributed by atoms with Gasteiger partial charge in [-0.05, 0) is 54.1 Å². The summed E-state index contributed by atoms with van der Waals surface area (Å²) < 4.78 is 38.5. The number of phenols is 1. The number of aromatic nitrogens is 1. The molecule has 6 nitrogen and oxygen atoms in total. The quantitative estimate of drug-likeness (QED) is 0.280. The standard InChI is InChI=1S/C25H19ClF3N3O3/c26-16-7-10-22(33)19(12-16)23(34)32-21(11-14-13-30-20-4-2-1-3-18(14)20)24(35)31-17-8-5-15(6-9-17)25(27,28)29/h1-10,12-13,21,30,33H,11H2,(H,31,35)(H,32,34). The van der Waals surface area contributed by atoms with E-state index in [4.69, 9.17) is 11.6 Å². The largest absolute Gasteiger partial charge is 0.507 e. The highest BCUT2D eigenvalue weighted by molar-refractivity contribution is 6.31. The minimum absolute atomic E-state index is 0.0730. The maximum Gasteiger partial charge on any atom is 0.416 e. The van der Waals surface area contributed by atoms with Crippen LogP contribution in [0, 0.1) is 0 Å². The molecule has 0 aliphatic carbocycles. The van der Waals surface area contributed by atoms with Crippen LogP contribution in [0.3, 0.4) is 0 Å². The number of fused-ring (bicyclic) bond motifs is 1. The summed E-state index contributed by atoms with van der Waals surface area (Å²) in [5, 5.41) is 16.3. The fourth-order valence-electron chi connectivity index (χ4n) is 3.63. The first-order valence-corrected chi connectivity index (χ1v) is 10.8. The number of halogens is 4. The summed E-state index contributed by atoms with van der Waals surface area (Å²) >= 11 is 5.94. The average molecular weight is 502 g/mol. The van der Waals surface area contributed by atoms with Crippen molar-refractivity contribution >= 4 is 40.0 Å². The number of rotatable bonds is 6. The summed E-state index contributed by atoms with van der Waals surface area (Å²) in [7, 11) is 0. The smallest absolute Gasteiger partial charge is 0.416 e. The van der Waals surface area contributed by atoms with Gasteiger partial charge < -0.3 is 20.7 Å². The molecule has 0 bridgehead atoms. The number of aromatic hydroxyl groups is 1. The van der Waals surface area contributed by atoms with E-state index < -0.39 is 29.6 Å². The monoisotopic (exact) mass is 501 g/mol. The molecule has 4 aromatic rings. The van der Waals surface area contributed by atoms with Crippen LogP contribution < -0.4 is 10.6 Å². The number of carbonyl (C=O) groups is 2. The number of hydrogen-bond donors (Lipinski definition) is 4. The van der Waals surface area contributed by atoms with Crippen molar-refractivity contribution in [3.05, 3.63) is 94.6 Å². The number of hydrogen-bond acceptors (Lipinski definition) is 3.